The van der Waals surface area contributed by atoms with Gasteiger partial charge < -0.3 is 5.32 Å². The zero-order valence-electron chi connectivity index (χ0n) is 10.5. The van der Waals surface area contributed by atoms with E-state index in [1.165, 1.54) is 16.6 Å². The van der Waals surface area contributed by atoms with E-state index in [0.717, 1.165) is 0 Å². The molecule has 0 saturated carbocycles. The number of hydrogen-bond acceptors (Lipinski definition) is 4. The Labute approximate surface area is 103 Å². The Kier molecular flexibility index (Phi) is 4.89. The van der Waals surface area contributed by atoms with Crippen molar-refractivity contribution in [2.24, 2.45) is 0 Å². The first-order valence-electron chi connectivity index (χ1n) is 5.76. The third-order valence-electron chi connectivity index (χ3n) is 2.43. The average molecular weight is 257 g/mol. The van der Waals surface area contributed by atoms with Gasteiger partial charge in [-0.1, -0.05) is 13.8 Å². The van der Waals surface area contributed by atoms with E-state index < -0.39 is 10.0 Å². The van der Waals surface area contributed by atoms with Crippen LogP contribution in [0.2, 0.25) is 0 Å². The molecular formula is C11H19N3O2S. The van der Waals surface area contributed by atoms with Crippen LogP contribution >= 0.6 is 0 Å². The maximum Gasteiger partial charge on any atom is 0.243 e. The summed E-state index contributed by atoms with van der Waals surface area (Å²) < 4.78 is 25.9. The lowest BCUT2D eigenvalue weighted by Gasteiger charge is -2.18. The van der Waals surface area contributed by atoms with Gasteiger partial charge >= 0.3 is 0 Å². The van der Waals surface area contributed by atoms with E-state index in [9.17, 15) is 8.42 Å². The van der Waals surface area contributed by atoms with Gasteiger partial charge in [0.1, 0.15) is 5.82 Å². The van der Waals surface area contributed by atoms with Crippen LogP contribution in [0.3, 0.4) is 0 Å². The molecule has 1 heterocycles. The Bertz CT molecular complexity index is 456. The van der Waals surface area contributed by atoms with Gasteiger partial charge in [-0.25, -0.2) is 13.4 Å². The Balaban J connectivity index is 3.10. The van der Waals surface area contributed by atoms with Crippen LogP contribution in [0.15, 0.2) is 23.2 Å². The second-order valence-electron chi connectivity index (χ2n) is 3.50. The third kappa shape index (κ3) is 3.17. The van der Waals surface area contributed by atoms with Crippen molar-refractivity contribution < 1.29 is 8.42 Å². The molecule has 0 aliphatic carbocycles. The Morgan fingerprint density at radius 3 is 2.47 bits per heavy atom. The number of sulfonamides is 1. The van der Waals surface area contributed by atoms with Crippen molar-refractivity contribution in [2.75, 3.05) is 25.0 Å². The van der Waals surface area contributed by atoms with E-state index in [4.69, 9.17) is 0 Å². The monoisotopic (exact) mass is 257 g/mol. The highest BCUT2D eigenvalue weighted by Gasteiger charge is 2.21. The molecule has 0 unspecified atom stereocenters. The van der Waals surface area contributed by atoms with E-state index >= 15 is 0 Å². The number of anilines is 1. The lowest BCUT2D eigenvalue weighted by atomic mass is 10.4. The van der Waals surface area contributed by atoms with Crippen molar-refractivity contribution in [3.8, 4) is 0 Å². The molecule has 0 atom stereocenters. The van der Waals surface area contributed by atoms with E-state index in [-0.39, 0.29) is 4.90 Å². The SMILES string of the molecule is CCNc1cc(S(=O)(=O)N(CC)CC)ccn1. The molecule has 17 heavy (non-hydrogen) atoms. The summed E-state index contributed by atoms with van der Waals surface area (Å²) in [5.74, 6) is 0.584. The summed E-state index contributed by atoms with van der Waals surface area (Å²) in [4.78, 5) is 4.34. The van der Waals surface area contributed by atoms with E-state index in [2.05, 4.69) is 10.3 Å². The molecule has 0 bridgehead atoms. The third-order valence-corrected chi connectivity index (χ3v) is 4.48. The normalized spacial score (nSPS) is 11.8. The zero-order valence-corrected chi connectivity index (χ0v) is 11.3. The van der Waals surface area contributed by atoms with E-state index in [0.29, 0.717) is 25.5 Å². The second kappa shape index (κ2) is 5.97. The van der Waals surface area contributed by atoms with Crippen molar-refractivity contribution in [2.45, 2.75) is 25.7 Å². The van der Waals surface area contributed by atoms with Gasteiger partial charge in [-0.15, -0.1) is 0 Å². The second-order valence-corrected chi connectivity index (χ2v) is 5.43. The summed E-state index contributed by atoms with van der Waals surface area (Å²) in [6, 6.07) is 3.09. The molecule has 0 amide bonds. The van der Waals surface area contributed by atoms with Crippen LogP contribution in [0.1, 0.15) is 20.8 Å². The fourth-order valence-electron chi connectivity index (χ4n) is 1.56. The molecule has 0 radical (unpaired) electrons. The van der Waals surface area contributed by atoms with Crippen molar-refractivity contribution in [3.63, 3.8) is 0 Å². The number of hydrogen-bond donors (Lipinski definition) is 1. The van der Waals surface area contributed by atoms with Crippen molar-refractivity contribution in [1.82, 2.24) is 9.29 Å². The molecule has 0 spiro atoms. The summed E-state index contributed by atoms with van der Waals surface area (Å²) in [6.07, 6.45) is 1.51. The summed E-state index contributed by atoms with van der Waals surface area (Å²) in [6.45, 7) is 7.24. The van der Waals surface area contributed by atoms with Crippen molar-refractivity contribution >= 4 is 15.8 Å². The topological polar surface area (TPSA) is 62.3 Å². The van der Waals surface area contributed by atoms with Crippen LogP contribution in [0.25, 0.3) is 0 Å². The van der Waals surface area contributed by atoms with Crippen LogP contribution in [0, 0.1) is 0 Å². The van der Waals surface area contributed by atoms with Crippen molar-refractivity contribution in [3.05, 3.63) is 18.3 Å². The van der Waals surface area contributed by atoms with Crippen LogP contribution in [-0.2, 0) is 10.0 Å². The number of rotatable bonds is 6. The van der Waals surface area contributed by atoms with Gasteiger partial charge in [0, 0.05) is 31.9 Å². The Morgan fingerprint density at radius 2 is 1.94 bits per heavy atom. The molecule has 0 aromatic carbocycles. The predicted octanol–water partition coefficient (Wildman–Crippen LogP) is 1.54. The number of nitrogens with zero attached hydrogens (tertiary/aromatic N) is 2. The smallest absolute Gasteiger partial charge is 0.243 e. The highest BCUT2D eigenvalue weighted by Crippen LogP contribution is 2.17. The minimum absolute atomic E-state index is 0.284. The molecule has 5 nitrogen and oxygen atoms in total. The summed E-state index contributed by atoms with van der Waals surface area (Å²) in [5, 5.41) is 3.00. The van der Waals surface area contributed by atoms with E-state index in [1.807, 2.05) is 20.8 Å². The van der Waals surface area contributed by atoms with Gasteiger partial charge in [0.2, 0.25) is 10.0 Å². The first-order chi connectivity index (χ1) is 8.06. The van der Waals surface area contributed by atoms with E-state index in [1.54, 1.807) is 6.07 Å². The van der Waals surface area contributed by atoms with Crippen LogP contribution < -0.4 is 5.32 Å². The van der Waals surface area contributed by atoms with Gasteiger partial charge in [-0.3, -0.25) is 0 Å². The number of pyridine rings is 1. The van der Waals surface area contributed by atoms with Crippen molar-refractivity contribution in [1.29, 1.82) is 0 Å². The maximum absolute atomic E-state index is 12.2. The molecule has 96 valence electrons. The zero-order chi connectivity index (χ0) is 12.9. The molecule has 1 rings (SSSR count). The molecule has 0 fully saturated rings. The number of aromatic nitrogens is 1. The average Bonchev–Trinajstić information content (AvgIpc) is 2.31. The summed E-state index contributed by atoms with van der Waals surface area (Å²) >= 11 is 0. The van der Waals surface area contributed by atoms with Gasteiger partial charge in [0.05, 0.1) is 4.90 Å². The standard InChI is InChI=1S/C11H19N3O2S/c1-4-12-11-9-10(7-8-13-11)17(15,16)14(5-2)6-3/h7-9H,4-6H2,1-3H3,(H,12,13). The minimum atomic E-state index is -3.39. The lowest BCUT2D eigenvalue weighted by Crippen LogP contribution is -2.30. The highest BCUT2D eigenvalue weighted by molar-refractivity contribution is 7.89. The van der Waals surface area contributed by atoms with Gasteiger partial charge in [0.25, 0.3) is 0 Å². The molecule has 0 aliphatic heterocycles. The molecule has 1 aromatic heterocycles. The molecule has 1 N–H and O–H groups in total. The van der Waals surface area contributed by atoms with Crippen LogP contribution in [0.5, 0.6) is 0 Å². The van der Waals surface area contributed by atoms with Crippen LogP contribution in [-0.4, -0.2) is 37.3 Å². The molecule has 1 aromatic rings. The van der Waals surface area contributed by atoms with Gasteiger partial charge in [-0.05, 0) is 13.0 Å². The lowest BCUT2D eigenvalue weighted by molar-refractivity contribution is 0.445. The highest BCUT2D eigenvalue weighted by atomic mass is 32.2. The first kappa shape index (κ1) is 13.9. The molecule has 0 aliphatic rings. The molecule has 0 saturated heterocycles. The Morgan fingerprint density at radius 1 is 1.29 bits per heavy atom. The van der Waals surface area contributed by atoms with Gasteiger partial charge in [-0.2, -0.15) is 4.31 Å². The Hall–Kier alpha value is -1.14. The van der Waals surface area contributed by atoms with Crippen LogP contribution in [0.4, 0.5) is 5.82 Å². The minimum Gasteiger partial charge on any atom is -0.370 e. The summed E-state index contributed by atoms with van der Waals surface area (Å²) in [7, 11) is -3.39. The first-order valence-corrected chi connectivity index (χ1v) is 7.20. The molecular weight excluding hydrogens is 238 g/mol. The summed E-state index contributed by atoms with van der Waals surface area (Å²) in [5.41, 5.74) is 0. The predicted molar refractivity (Wildman–Crippen MR) is 68.5 cm³/mol. The van der Waals surface area contributed by atoms with Gasteiger partial charge in [0.15, 0.2) is 0 Å². The fourth-order valence-corrected chi connectivity index (χ4v) is 3.03. The largest absolute Gasteiger partial charge is 0.370 e. The molecule has 6 heteroatoms. The maximum atomic E-state index is 12.2. The fraction of sp³-hybridized carbons (Fsp3) is 0.545. The number of nitrogens with one attached hydrogen (secondary N) is 1. The quantitative estimate of drug-likeness (QED) is 0.839.